The zero-order valence-corrected chi connectivity index (χ0v) is 15.0. The molecule has 0 saturated carbocycles. The Hall–Kier alpha value is -1.08. The molecule has 0 aliphatic carbocycles. The fraction of sp³-hybridized carbons (Fsp3) is 0.500. The van der Waals surface area contributed by atoms with Gasteiger partial charge >= 0.3 is 6.29 Å². The van der Waals surface area contributed by atoms with Gasteiger partial charge < -0.3 is 14.8 Å². The standard InChI is InChI=1S/C16H20F2N2O2.2ClH/c1-11(2)9-13(20-7-5-19-6-8-20)12-3-4-14-15(10-12)22-16(17,18)21-14;;/h3-4,10,13,19H,1,5-9H2,2H3;2*1H/t13-;;/m0../s1. The molecule has 0 unspecified atom stereocenters. The number of hydrogen-bond donors (Lipinski definition) is 1. The van der Waals surface area contributed by atoms with Crippen LogP contribution in [0, 0.1) is 0 Å². The summed E-state index contributed by atoms with van der Waals surface area (Å²) in [5.74, 6) is 0.187. The van der Waals surface area contributed by atoms with Crippen LogP contribution in [0.15, 0.2) is 30.4 Å². The second-order valence-electron chi connectivity index (χ2n) is 5.84. The minimum atomic E-state index is -3.57. The average Bonchev–Trinajstić information content (AvgIpc) is 2.78. The molecule has 2 aliphatic heterocycles. The normalized spacial score (nSPS) is 19.8. The average molecular weight is 383 g/mol. The summed E-state index contributed by atoms with van der Waals surface area (Å²) in [7, 11) is 0. The molecule has 24 heavy (non-hydrogen) atoms. The highest BCUT2D eigenvalue weighted by atomic mass is 35.5. The number of ether oxygens (including phenoxy) is 2. The highest BCUT2D eigenvalue weighted by molar-refractivity contribution is 5.85. The first-order valence-electron chi connectivity index (χ1n) is 7.43. The van der Waals surface area contributed by atoms with E-state index in [1.807, 2.05) is 13.0 Å². The van der Waals surface area contributed by atoms with Crippen LogP contribution in [0.1, 0.15) is 24.9 Å². The minimum Gasteiger partial charge on any atom is -0.395 e. The van der Waals surface area contributed by atoms with Crippen molar-refractivity contribution in [3.05, 3.63) is 35.9 Å². The molecule has 2 aliphatic rings. The van der Waals surface area contributed by atoms with E-state index >= 15 is 0 Å². The number of alkyl halides is 2. The molecule has 8 heteroatoms. The Bertz CT molecular complexity index is 581. The number of benzene rings is 1. The van der Waals surface area contributed by atoms with Crippen LogP contribution in [0.5, 0.6) is 11.5 Å². The molecular weight excluding hydrogens is 361 g/mol. The first-order chi connectivity index (χ1) is 10.4. The van der Waals surface area contributed by atoms with E-state index in [2.05, 4.69) is 26.3 Å². The van der Waals surface area contributed by atoms with Crippen molar-refractivity contribution in [3.8, 4) is 11.5 Å². The highest BCUT2D eigenvalue weighted by Gasteiger charge is 2.43. The molecule has 1 aromatic carbocycles. The lowest BCUT2D eigenvalue weighted by atomic mass is 9.97. The maximum absolute atomic E-state index is 13.2. The number of fused-ring (bicyclic) bond motifs is 1. The quantitative estimate of drug-likeness (QED) is 0.803. The van der Waals surface area contributed by atoms with Gasteiger partial charge in [0, 0.05) is 32.2 Å². The Labute approximate surface area is 153 Å². The molecule has 0 spiro atoms. The molecule has 0 aromatic heterocycles. The lowest BCUT2D eigenvalue weighted by molar-refractivity contribution is -0.286. The number of halogens is 4. The summed E-state index contributed by atoms with van der Waals surface area (Å²) in [5, 5.41) is 3.32. The van der Waals surface area contributed by atoms with Gasteiger partial charge in [0.2, 0.25) is 0 Å². The number of nitrogens with one attached hydrogen (secondary N) is 1. The molecule has 0 bridgehead atoms. The summed E-state index contributed by atoms with van der Waals surface area (Å²) in [6.45, 7) is 9.67. The van der Waals surface area contributed by atoms with Crippen LogP contribution in [0.4, 0.5) is 8.78 Å². The van der Waals surface area contributed by atoms with Gasteiger partial charge in [0.05, 0.1) is 0 Å². The summed E-state index contributed by atoms with van der Waals surface area (Å²) in [5.41, 5.74) is 2.01. The number of nitrogens with zero attached hydrogens (tertiary/aromatic N) is 1. The second kappa shape index (κ2) is 8.34. The molecule has 1 atom stereocenters. The molecule has 136 valence electrons. The van der Waals surface area contributed by atoms with Gasteiger partial charge in [-0.25, -0.2) is 0 Å². The predicted octanol–water partition coefficient (Wildman–Crippen LogP) is 3.76. The van der Waals surface area contributed by atoms with E-state index in [-0.39, 0.29) is 42.4 Å². The van der Waals surface area contributed by atoms with E-state index in [1.54, 1.807) is 12.1 Å². The van der Waals surface area contributed by atoms with Crippen LogP contribution >= 0.6 is 24.8 Å². The largest absolute Gasteiger partial charge is 0.586 e. The third-order valence-electron chi connectivity index (χ3n) is 3.94. The fourth-order valence-corrected chi connectivity index (χ4v) is 2.95. The topological polar surface area (TPSA) is 33.7 Å². The van der Waals surface area contributed by atoms with Crippen molar-refractivity contribution in [2.24, 2.45) is 0 Å². The van der Waals surface area contributed by atoms with Crippen molar-refractivity contribution >= 4 is 24.8 Å². The van der Waals surface area contributed by atoms with Crippen molar-refractivity contribution in [1.29, 1.82) is 0 Å². The Balaban J connectivity index is 0.00000144. The van der Waals surface area contributed by atoms with Crippen molar-refractivity contribution in [1.82, 2.24) is 10.2 Å². The van der Waals surface area contributed by atoms with Crippen molar-refractivity contribution in [3.63, 3.8) is 0 Å². The summed E-state index contributed by atoms with van der Waals surface area (Å²) < 4.78 is 35.3. The van der Waals surface area contributed by atoms with Crippen molar-refractivity contribution in [2.45, 2.75) is 25.7 Å². The zero-order valence-electron chi connectivity index (χ0n) is 13.4. The van der Waals surface area contributed by atoms with Crippen molar-refractivity contribution in [2.75, 3.05) is 26.2 Å². The van der Waals surface area contributed by atoms with Gasteiger partial charge in [-0.3, -0.25) is 4.90 Å². The SMILES string of the molecule is C=C(C)C[C@@H](c1ccc2c(c1)OC(F)(F)O2)N1CCNCC1.Cl.Cl. The first-order valence-corrected chi connectivity index (χ1v) is 7.43. The van der Waals surface area contributed by atoms with Crippen LogP contribution in [-0.2, 0) is 0 Å². The fourth-order valence-electron chi connectivity index (χ4n) is 2.95. The van der Waals surface area contributed by atoms with Crippen LogP contribution in [0.25, 0.3) is 0 Å². The monoisotopic (exact) mass is 382 g/mol. The molecule has 3 rings (SSSR count). The Morgan fingerprint density at radius 2 is 1.88 bits per heavy atom. The molecule has 0 amide bonds. The van der Waals surface area contributed by atoms with Crippen molar-refractivity contribution < 1.29 is 18.3 Å². The van der Waals surface area contributed by atoms with Gasteiger partial charge in [0.1, 0.15) is 0 Å². The number of hydrogen-bond acceptors (Lipinski definition) is 4. The molecule has 2 heterocycles. The third-order valence-corrected chi connectivity index (χ3v) is 3.94. The third kappa shape index (κ3) is 4.72. The van der Waals surface area contributed by atoms with Crippen LogP contribution in [0.3, 0.4) is 0 Å². The summed E-state index contributed by atoms with van der Waals surface area (Å²) >= 11 is 0. The summed E-state index contributed by atoms with van der Waals surface area (Å²) in [4.78, 5) is 2.35. The summed E-state index contributed by atoms with van der Waals surface area (Å²) in [6, 6.07) is 5.16. The molecule has 1 aromatic rings. The molecule has 0 radical (unpaired) electrons. The van der Waals surface area contributed by atoms with E-state index in [0.717, 1.165) is 43.7 Å². The number of piperazine rings is 1. The Morgan fingerprint density at radius 1 is 1.25 bits per heavy atom. The van der Waals surface area contributed by atoms with E-state index in [0.29, 0.717) is 0 Å². The van der Waals surface area contributed by atoms with Gasteiger partial charge in [-0.2, -0.15) is 0 Å². The summed E-state index contributed by atoms with van der Waals surface area (Å²) in [6.07, 6.45) is -2.78. The van der Waals surface area contributed by atoms with Gasteiger partial charge in [-0.15, -0.1) is 40.2 Å². The molecule has 4 nitrogen and oxygen atoms in total. The van der Waals surface area contributed by atoms with Crippen LogP contribution in [-0.4, -0.2) is 37.4 Å². The Kier molecular flexibility index (Phi) is 7.28. The molecule has 1 fully saturated rings. The first kappa shape index (κ1) is 21.0. The van der Waals surface area contributed by atoms with E-state index in [9.17, 15) is 8.78 Å². The predicted molar refractivity (Wildman–Crippen MR) is 93.8 cm³/mol. The van der Waals surface area contributed by atoms with E-state index < -0.39 is 6.29 Å². The Morgan fingerprint density at radius 3 is 2.50 bits per heavy atom. The second-order valence-corrected chi connectivity index (χ2v) is 5.84. The number of rotatable bonds is 4. The van der Waals surface area contributed by atoms with Crippen LogP contribution < -0.4 is 14.8 Å². The maximum Gasteiger partial charge on any atom is 0.586 e. The molecular formula is C16H22Cl2F2N2O2. The van der Waals surface area contributed by atoms with Crippen LogP contribution in [0.2, 0.25) is 0 Å². The van der Waals surface area contributed by atoms with Gasteiger partial charge in [-0.1, -0.05) is 11.6 Å². The van der Waals surface area contributed by atoms with E-state index in [1.165, 1.54) is 0 Å². The molecule has 1 N–H and O–H groups in total. The zero-order chi connectivity index (χ0) is 15.7. The van der Waals surface area contributed by atoms with E-state index in [4.69, 9.17) is 0 Å². The lowest BCUT2D eigenvalue weighted by Crippen LogP contribution is -2.45. The maximum atomic E-state index is 13.2. The van der Waals surface area contributed by atoms with Gasteiger partial charge in [0.15, 0.2) is 11.5 Å². The van der Waals surface area contributed by atoms with Gasteiger partial charge in [0.25, 0.3) is 0 Å². The minimum absolute atomic E-state index is 0. The lowest BCUT2D eigenvalue weighted by Gasteiger charge is -2.35. The highest BCUT2D eigenvalue weighted by Crippen LogP contribution is 2.43. The molecule has 1 saturated heterocycles. The smallest absolute Gasteiger partial charge is 0.395 e. The van der Waals surface area contributed by atoms with Gasteiger partial charge in [-0.05, 0) is 31.0 Å².